The van der Waals surface area contributed by atoms with E-state index in [9.17, 15) is 13.2 Å². The summed E-state index contributed by atoms with van der Waals surface area (Å²) in [6, 6.07) is 0. The lowest BCUT2D eigenvalue weighted by atomic mass is 10.2. The molecule has 6 heteroatoms. The topological polar surface area (TPSA) is 63.2 Å². The van der Waals surface area contributed by atoms with Gasteiger partial charge in [0.25, 0.3) is 5.91 Å². The van der Waals surface area contributed by atoms with Crippen molar-refractivity contribution in [2.24, 2.45) is 0 Å². The van der Waals surface area contributed by atoms with Gasteiger partial charge in [0.1, 0.15) is 0 Å². The van der Waals surface area contributed by atoms with Crippen LogP contribution in [0.25, 0.3) is 0 Å². The lowest BCUT2D eigenvalue weighted by Gasteiger charge is -2.11. The summed E-state index contributed by atoms with van der Waals surface area (Å²) in [5.74, 6) is -0.543. The number of aryl methyl sites for hydroxylation is 1. The Labute approximate surface area is 99.7 Å². The summed E-state index contributed by atoms with van der Waals surface area (Å²) in [6.07, 6.45) is 0.477. The summed E-state index contributed by atoms with van der Waals surface area (Å²) >= 11 is 1.38. The van der Waals surface area contributed by atoms with Crippen LogP contribution < -0.4 is 4.72 Å². The number of sulfonamides is 1. The monoisotopic (exact) mass is 261 g/mol. The predicted octanol–water partition coefficient (Wildman–Crippen LogP) is 1.91. The summed E-state index contributed by atoms with van der Waals surface area (Å²) in [5, 5.41) is 2.90. The van der Waals surface area contributed by atoms with E-state index in [4.69, 9.17) is 0 Å². The molecular formula is C10H15NO3S2. The smallest absolute Gasteiger partial charge is 0.265 e. The largest absolute Gasteiger partial charge is 0.268 e. The molecule has 0 fully saturated rings. The van der Waals surface area contributed by atoms with Gasteiger partial charge >= 0.3 is 0 Å². The highest BCUT2D eigenvalue weighted by Crippen LogP contribution is 2.14. The van der Waals surface area contributed by atoms with Gasteiger partial charge in [-0.2, -0.15) is 11.3 Å². The lowest BCUT2D eigenvalue weighted by Crippen LogP contribution is -2.36. The van der Waals surface area contributed by atoms with Crippen LogP contribution in [0.15, 0.2) is 10.8 Å². The quantitative estimate of drug-likeness (QED) is 0.900. The van der Waals surface area contributed by atoms with Gasteiger partial charge in [-0.1, -0.05) is 6.92 Å². The van der Waals surface area contributed by atoms with E-state index < -0.39 is 21.2 Å². The van der Waals surface area contributed by atoms with Gasteiger partial charge in [-0.3, -0.25) is 4.79 Å². The van der Waals surface area contributed by atoms with E-state index in [-0.39, 0.29) is 0 Å². The minimum atomic E-state index is -3.55. The van der Waals surface area contributed by atoms with Crippen LogP contribution in [0, 0.1) is 6.92 Å². The first-order chi connectivity index (χ1) is 7.38. The van der Waals surface area contributed by atoms with Gasteiger partial charge in [-0.05, 0) is 31.2 Å². The third kappa shape index (κ3) is 2.82. The Morgan fingerprint density at radius 2 is 2.12 bits per heavy atom. The van der Waals surface area contributed by atoms with Crippen molar-refractivity contribution in [3.05, 3.63) is 21.9 Å². The van der Waals surface area contributed by atoms with Crippen molar-refractivity contribution in [3.8, 4) is 0 Å². The van der Waals surface area contributed by atoms with Gasteiger partial charge in [-0.15, -0.1) is 0 Å². The molecule has 0 bridgehead atoms. The second kappa shape index (κ2) is 4.97. The normalized spacial score (nSPS) is 13.4. The molecule has 1 heterocycles. The summed E-state index contributed by atoms with van der Waals surface area (Å²) < 4.78 is 25.4. The molecule has 1 amide bonds. The number of hydrogen-bond donors (Lipinski definition) is 1. The molecule has 0 spiro atoms. The highest BCUT2D eigenvalue weighted by molar-refractivity contribution is 7.90. The summed E-state index contributed by atoms with van der Waals surface area (Å²) in [4.78, 5) is 11.7. The zero-order valence-electron chi connectivity index (χ0n) is 9.48. The maximum atomic E-state index is 11.7. The summed E-state index contributed by atoms with van der Waals surface area (Å²) in [7, 11) is -3.55. The zero-order chi connectivity index (χ0) is 12.3. The Morgan fingerprint density at radius 1 is 1.50 bits per heavy atom. The maximum absolute atomic E-state index is 11.7. The highest BCUT2D eigenvalue weighted by atomic mass is 32.2. The predicted molar refractivity (Wildman–Crippen MR) is 65.2 cm³/mol. The van der Waals surface area contributed by atoms with E-state index in [1.165, 1.54) is 11.3 Å². The first kappa shape index (κ1) is 13.2. The zero-order valence-corrected chi connectivity index (χ0v) is 11.1. The average molecular weight is 261 g/mol. The Hall–Kier alpha value is -0.880. The van der Waals surface area contributed by atoms with Crippen LogP contribution in [-0.2, 0) is 10.0 Å². The van der Waals surface area contributed by atoms with E-state index in [2.05, 4.69) is 4.72 Å². The van der Waals surface area contributed by atoms with Gasteiger partial charge in [0.15, 0.2) is 0 Å². The molecule has 1 atom stereocenters. The molecule has 0 aromatic carbocycles. The molecule has 1 rings (SSSR count). The third-order valence-electron chi connectivity index (χ3n) is 2.44. The number of carbonyl (C=O) groups is 1. The maximum Gasteiger partial charge on any atom is 0.265 e. The minimum absolute atomic E-state index is 0.428. The Balaban J connectivity index is 2.84. The molecular weight excluding hydrogens is 246 g/mol. The molecule has 90 valence electrons. The van der Waals surface area contributed by atoms with Crippen molar-refractivity contribution in [2.75, 3.05) is 0 Å². The molecule has 1 N–H and O–H groups in total. The fraction of sp³-hybridized carbons (Fsp3) is 0.500. The van der Waals surface area contributed by atoms with Crippen molar-refractivity contribution in [1.82, 2.24) is 4.72 Å². The standard InChI is InChI=1S/C10H15NO3S2/c1-4-8(3)16(13,14)11-10(12)9-6-15-5-7(9)2/h5-6,8H,4H2,1-3H3,(H,11,12)/t8-/m0/s1. The average Bonchev–Trinajstić information content (AvgIpc) is 2.62. The number of amides is 1. The van der Waals surface area contributed by atoms with Gasteiger partial charge in [0.05, 0.1) is 10.8 Å². The molecule has 0 radical (unpaired) electrons. The van der Waals surface area contributed by atoms with Crippen molar-refractivity contribution in [3.63, 3.8) is 0 Å². The molecule has 1 aromatic heterocycles. The van der Waals surface area contributed by atoms with Gasteiger partial charge in [0, 0.05) is 5.38 Å². The van der Waals surface area contributed by atoms with Crippen LogP contribution in [0.4, 0.5) is 0 Å². The first-order valence-electron chi connectivity index (χ1n) is 4.97. The van der Waals surface area contributed by atoms with Gasteiger partial charge in [0.2, 0.25) is 10.0 Å². The second-order valence-electron chi connectivity index (χ2n) is 3.66. The van der Waals surface area contributed by atoms with Crippen LogP contribution in [0.3, 0.4) is 0 Å². The fourth-order valence-corrected chi connectivity index (χ4v) is 2.93. The highest BCUT2D eigenvalue weighted by Gasteiger charge is 2.22. The number of hydrogen-bond acceptors (Lipinski definition) is 4. The van der Waals surface area contributed by atoms with E-state index in [1.54, 1.807) is 26.2 Å². The summed E-state index contributed by atoms with van der Waals surface area (Å²) in [5.41, 5.74) is 1.22. The van der Waals surface area contributed by atoms with Crippen LogP contribution >= 0.6 is 11.3 Å². The molecule has 16 heavy (non-hydrogen) atoms. The third-order valence-corrected chi connectivity index (χ3v) is 5.16. The Morgan fingerprint density at radius 3 is 2.56 bits per heavy atom. The van der Waals surface area contributed by atoms with Gasteiger partial charge < -0.3 is 0 Å². The SMILES string of the molecule is CC[C@H](C)S(=O)(=O)NC(=O)c1cscc1C. The van der Waals surface area contributed by atoms with Crippen molar-refractivity contribution in [2.45, 2.75) is 32.4 Å². The Kier molecular flexibility index (Phi) is 4.09. The van der Waals surface area contributed by atoms with Crippen LogP contribution in [0.1, 0.15) is 36.2 Å². The number of carbonyl (C=O) groups excluding carboxylic acids is 1. The Bertz CT molecular complexity index is 476. The summed E-state index contributed by atoms with van der Waals surface area (Å²) in [6.45, 7) is 5.13. The fourth-order valence-electron chi connectivity index (χ4n) is 1.10. The molecule has 0 aliphatic heterocycles. The molecule has 0 unspecified atom stereocenters. The van der Waals surface area contributed by atoms with E-state index in [0.29, 0.717) is 12.0 Å². The molecule has 0 aliphatic carbocycles. The molecule has 4 nitrogen and oxygen atoms in total. The van der Waals surface area contributed by atoms with E-state index in [0.717, 1.165) is 5.56 Å². The number of thiophene rings is 1. The lowest BCUT2D eigenvalue weighted by molar-refractivity contribution is 0.0981. The van der Waals surface area contributed by atoms with Crippen molar-refractivity contribution < 1.29 is 13.2 Å². The molecule has 1 aromatic rings. The number of nitrogens with one attached hydrogen (secondary N) is 1. The van der Waals surface area contributed by atoms with Crippen LogP contribution in [-0.4, -0.2) is 19.6 Å². The van der Waals surface area contributed by atoms with Crippen molar-refractivity contribution in [1.29, 1.82) is 0 Å². The first-order valence-corrected chi connectivity index (χ1v) is 7.46. The number of rotatable bonds is 4. The molecule has 0 saturated carbocycles. The van der Waals surface area contributed by atoms with Crippen LogP contribution in [0.2, 0.25) is 0 Å². The molecule has 0 aliphatic rings. The molecule has 0 saturated heterocycles. The van der Waals surface area contributed by atoms with E-state index in [1.807, 2.05) is 5.38 Å². The van der Waals surface area contributed by atoms with Gasteiger partial charge in [-0.25, -0.2) is 13.1 Å². The van der Waals surface area contributed by atoms with E-state index >= 15 is 0 Å². The van der Waals surface area contributed by atoms with Crippen LogP contribution in [0.5, 0.6) is 0 Å². The minimum Gasteiger partial charge on any atom is -0.268 e. The second-order valence-corrected chi connectivity index (χ2v) is 6.51. The van der Waals surface area contributed by atoms with Crippen molar-refractivity contribution >= 4 is 27.3 Å².